The molecule has 1 aliphatic rings. The first-order chi connectivity index (χ1) is 12.2. The molecule has 136 valence electrons. The highest BCUT2D eigenvalue weighted by molar-refractivity contribution is 7.09. The molecule has 0 bridgehead atoms. The lowest BCUT2D eigenvalue weighted by Crippen LogP contribution is -2.37. The predicted molar refractivity (Wildman–Crippen MR) is 101 cm³/mol. The maximum absolute atomic E-state index is 4.64. The van der Waals surface area contributed by atoms with Gasteiger partial charge in [0.1, 0.15) is 10.8 Å². The number of hydrogen-bond donors (Lipinski definition) is 2. The minimum atomic E-state index is 0.464. The molecule has 3 heterocycles. The van der Waals surface area contributed by atoms with Gasteiger partial charge in [0.25, 0.3) is 0 Å². The van der Waals surface area contributed by atoms with Crippen LogP contribution in [0.1, 0.15) is 61.4 Å². The molecule has 0 spiro atoms. The number of guanidine groups is 1. The molecule has 3 rings (SSSR count). The monoisotopic (exact) mass is 361 g/mol. The van der Waals surface area contributed by atoms with Crippen LogP contribution in [-0.2, 0) is 26.1 Å². The maximum atomic E-state index is 4.64. The Balaban J connectivity index is 1.53. The van der Waals surface area contributed by atoms with Gasteiger partial charge in [-0.2, -0.15) is 0 Å². The highest BCUT2D eigenvalue weighted by Crippen LogP contribution is 2.17. The fourth-order valence-corrected chi connectivity index (χ4v) is 3.79. The average molecular weight is 362 g/mol. The van der Waals surface area contributed by atoms with Crippen molar-refractivity contribution in [2.45, 2.75) is 65.1 Å². The van der Waals surface area contributed by atoms with Gasteiger partial charge in [0.05, 0.1) is 18.8 Å². The Morgan fingerprint density at radius 1 is 1.24 bits per heavy atom. The number of hydrogen-bond acceptors (Lipinski definition) is 5. The fraction of sp³-hybridized carbons (Fsp3) is 0.647. The molecular formula is C17H27N7S. The van der Waals surface area contributed by atoms with Crippen LogP contribution in [0.25, 0.3) is 0 Å². The van der Waals surface area contributed by atoms with E-state index in [1.165, 1.54) is 19.3 Å². The lowest BCUT2D eigenvalue weighted by molar-refractivity contribution is 0.596. The van der Waals surface area contributed by atoms with E-state index in [2.05, 4.69) is 54.6 Å². The van der Waals surface area contributed by atoms with Crippen LogP contribution in [0.15, 0.2) is 10.4 Å². The normalized spacial score (nSPS) is 15.1. The summed E-state index contributed by atoms with van der Waals surface area (Å²) < 4.78 is 2.25. The minimum Gasteiger partial charge on any atom is -0.350 e. The quantitative estimate of drug-likeness (QED) is 0.632. The van der Waals surface area contributed by atoms with Gasteiger partial charge in [0.15, 0.2) is 11.8 Å². The van der Waals surface area contributed by atoms with Crippen LogP contribution < -0.4 is 10.6 Å². The summed E-state index contributed by atoms with van der Waals surface area (Å²) in [6.45, 7) is 6.64. The summed E-state index contributed by atoms with van der Waals surface area (Å²) in [5, 5.41) is 18.5. The van der Waals surface area contributed by atoms with E-state index in [-0.39, 0.29) is 0 Å². The zero-order valence-electron chi connectivity index (χ0n) is 15.2. The van der Waals surface area contributed by atoms with Crippen LogP contribution in [0.4, 0.5) is 0 Å². The van der Waals surface area contributed by atoms with E-state index in [4.69, 9.17) is 0 Å². The Hall–Kier alpha value is -1.96. The van der Waals surface area contributed by atoms with E-state index < -0.39 is 0 Å². The second kappa shape index (κ2) is 8.42. The molecular weight excluding hydrogens is 334 g/mol. The molecule has 25 heavy (non-hydrogen) atoms. The SMILES string of the molecule is CN=C(NCc1nc(C(C)C)cs1)NCc1nnc2n1CCCCC2. The molecule has 7 nitrogen and oxygen atoms in total. The Labute approximate surface area is 153 Å². The van der Waals surface area contributed by atoms with Crippen LogP contribution in [0.3, 0.4) is 0 Å². The molecule has 0 aliphatic carbocycles. The van der Waals surface area contributed by atoms with E-state index in [9.17, 15) is 0 Å². The van der Waals surface area contributed by atoms with Gasteiger partial charge in [-0.1, -0.05) is 20.3 Å². The summed E-state index contributed by atoms with van der Waals surface area (Å²) in [4.78, 5) is 8.93. The fourth-order valence-electron chi connectivity index (χ4n) is 2.89. The minimum absolute atomic E-state index is 0.464. The maximum Gasteiger partial charge on any atom is 0.191 e. The van der Waals surface area contributed by atoms with Gasteiger partial charge in [-0.25, -0.2) is 4.98 Å². The number of aliphatic imine (C=N–C) groups is 1. The van der Waals surface area contributed by atoms with Crippen molar-refractivity contribution in [3.8, 4) is 0 Å². The standard InChI is InChI=1S/C17H27N7S/c1-12(2)13-11-25-16(21-13)10-20-17(18-3)19-9-15-23-22-14-7-5-4-6-8-24(14)15/h11-12H,4-10H2,1-3H3,(H2,18,19,20). The summed E-state index contributed by atoms with van der Waals surface area (Å²) in [6.07, 6.45) is 4.71. The first kappa shape index (κ1) is 17.8. The first-order valence-corrected chi connectivity index (χ1v) is 9.85. The second-order valence-corrected chi connectivity index (χ2v) is 7.54. The zero-order chi connectivity index (χ0) is 17.6. The number of nitrogens with one attached hydrogen (secondary N) is 2. The summed E-state index contributed by atoms with van der Waals surface area (Å²) in [7, 11) is 1.78. The molecule has 8 heteroatoms. The summed E-state index contributed by atoms with van der Waals surface area (Å²) >= 11 is 1.68. The van der Waals surface area contributed by atoms with E-state index >= 15 is 0 Å². The Bertz CT molecular complexity index is 716. The number of thiazole rings is 1. The van der Waals surface area contributed by atoms with Gasteiger partial charge >= 0.3 is 0 Å². The molecule has 1 aliphatic heterocycles. The van der Waals surface area contributed by atoms with Crippen molar-refractivity contribution in [1.29, 1.82) is 0 Å². The van der Waals surface area contributed by atoms with Gasteiger partial charge in [0, 0.05) is 25.4 Å². The molecule has 2 aromatic rings. The Kier molecular flexibility index (Phi) is 6.01. The summed E-state index contributed by atoms with van der Waals surface area (Å²) in [6, 6.07) is 0. The number of aryl methyl sites for hydroxylation is 1. The molecule has 0 amide bonds. The smallest absolute Gasteiger partial charge is 0.191 e. The Morgan fingerprint density at radius 2 is 2.08 bits per heavy atom. The third-order valence-corrected chi connectivity index (χ3v) is 5.26. The topological polar surface area (TPSA) is 80.0 Å². The van der Waals surface area contributed by atoms with E-state index in [1.54, 1.807) is 18.4 Å². The molecule has 0 atom stereocenters. The van der Waals surface area contributed by atoms with Crippen LogP contribution in [0.5, 0.6) is 0 Å². The number of fused-ring (bicyclic) bond motifs is 1. The van der Waals surface area contributed by atoms with Gasteiger partial charge in [-0.15, -0.1) is 21.5 Å². The molecule has 0 saturated heterocycles. The van der Waals surface area contributed by atoms with E-state index in [0.717, 1.165) is 41.3 Å². The molecule has 0 saturated carbocycles. The predicted octanol–water partition coefficient (Wildman–Crippen LogP) is 2.45. The average Bonchev–Trinajstić information content (AvgIpc) is 3.16. The lowest BCUT2D eigenvalue weighted by atomic mass is 10.2. The van der Waals surface area contributed by atoms with Crippen LogP contribution >= 0.6 is 11.3 Å². The zero-order valence-corrected chi connectivity index (χ0v) is 16.1. The van der Waals surface area contributed by atoms with E-state index in [1.807, 2.05) is 0 Å². The second-order valence-electron chi connectivity index (χ2n) is 6.59. The Morgan fingerprint density at radius 3 is 2.84 bits per heavy atom. The number of rotatable bonds is 5. The lowest BCUT2D eigenvalue weighted by Gasteiger charge is -2.12. The van der Waals surface area contributed by atoms with Crippen molar-refractivity contribution in [3.63, 3.8) is 0 Å². The van der Waals surface area contributed by atoms with Crippen molar-refractivity contribution in [3.05, 3.63) is 27.7 Å². The summed E-state index contributed by atoms with van der Waals surface area (Å²) in [5.74, 6) is 3.32. The van der Waals surface area contributed by atoms with Crippen LogP contribution in [0, 0.1) is 0 Å². The van der Waals surface area contributed by atoms with E-state index in [0.29, 0.717) is 19.0 Å². The molecule has 0 fully saturated rings. The van der Waals surface area contributed by atoms with Crippen LogP contribution in [0.2, 0.25) is 0 Å². The van der Waals surface area contributed by atoms with Gasteiger partial charge in [-0.05, 0) is 18.8 Å². The number of nitrogens with zero attached hydrogens (tertiary/aromatic N) is 5. The first-order valence-electron chi connectivity index (χ1n) is 8.97. The largest absolute Gasteiger partial charge is 0.350 e. The molecule has 2 N–H and O–H groups in total. The van der Waals surface area contributed by atoms with Gasteiger partial charge < -0.3 is 15.2 Å². The van der Waals surface area contributed by atoms with Crippen molar-refractivity contribution in [2.24, 2.45) is 4.99 Å². The summed E-state index contributed by atoms with van der Waals surface area (Å²) in [5.41, 5.74) is 1.15. The highest BCUT2D eigenvalue weighted by Gasteiger charge is 2.14. The van der Waals surface area contributed by atoms with Gasteiger partial charge in [0.2, 0.25) is 0 Å². The third-order valence-electron chi connectivity index (χ3n) is 4.39. The van der Waals surface area contributed by atoms with Crippen molar-refractivity contribution >= 4 is 17.3 Å². The molecule has 2 aromatic heterocycles. The number of aromatic nitrogens is 4. The van der Waals surface area contributed by atoms with Crippen molar-refractivity contribution in [1.82, 2.24) is 30.4 Å². The molecule has 0 unspecified atom stereocenters. The van der Waals surface area contributed by atoms with Crippen molar-refractivity contribution < 1.29 is 0 Å². The van der Waals surface area contributed by atoms with Crippen molar-refractivity contribution in [2.75, 3.05) is 7.05 Å². The van der Waals surface area contributed by atoms with Gasteiger partial charge in [-0.3, -0.25) is 4.99 Å². The van der Waals surface area contributed by atoms with Crippen LogP contribution in [-0.4, -0.2) is 32.8 Å². The highest BCUT2D eigenvalue weighted by atomic mass is 32.1. The molecule has 0 radical (unpaired) electrons. The molecule has 0 aromatic carbocycles. The third kappa shape index (κ3) is 4.56.